The minimum atomic E-state index is -3.30. The van der Waals surface area contributed by atoms with Gasteiger partial charge < -0.3 is 0 Å². The molecule has 0 saturated carbocycles. The Morgan fingerprint density at radius 3 is 2.38 bits per heavy atom. The van der Waals surface area contributed by atoms with Crippen LogP contribution in [-0.4, -0.2) is 41.9 Å². The molecule has 1 aliphatic rings. The summed E-state index contributed by atoms with van der Waals surface area (Å²) in [6.07, 6.45) is 1.83. The maximum absolute atomic E-state index is 12.5. The highest BCUT2D eigenvalue weighted by Gasteiger charge is 2.25. The third-order valence-corrected chi connectivity index (χ3v) is 7.43. The molecule has 1 N–H and O–H groups in total. The normalized spacial score (nSPS) is 14.8. The number of nitrogens with zero attached hydrogens (tertiary/aromatic N) is 3. The second-order valence-electron chi connectivity index (χ2n) is 6.79. The van der Waals surface area contributed by atoms with Gasteiger partial charge >= 0.3 is 0 Å². The number of sulfonamides is 1. The summed E-state index contributed by atoms with van der Waals surface area (Å²) < 4.78 is 26.4. The zero-order valence-corrected chi connectivity index (χ0v) is 17.2. The van der Waals surface area contributed by atoms with Crippen LogP contribution in [0.3, 0.4) is 0 Å². The van der Waals surface area contributed by atoms with Gasteiger partial charge in [0.2, 0.25) is 15.2 Å². The van der Waals surface area contributed by atoms with Crippen LogP contribution in [0.4, 0.5) is 5.13 Å². The largest absolute Gasteiger partial charge is 0.296 e. The van der Waals surface area contributed by atoms with E-state index in [2.05, 4.69) is 15.5 Å². The lowest BCUT2D eigenvalue weighted by Gasteiger charge is -2.15. The van der Waals surface area contributed by atoms with Gasteiger partial charge in [-0.25, -0.2) is 12.7 Å². The molecule has 7 nitrogen and oxygen atoms in total. The van der Waals surface area contributed by atoms with Crippen LogP contribution in [-0.2, 0) is 15.8 Å². The van der Waals surface area contributed by atoms with Gasteiger partial charge in [0.15, 0.2) is 0 Å². The van der Waals surface area contributed by atoms with Crippen LogP contribution in [0.2, 0.25) is 0 Å². The Balaban J connectivity index is 1.40. The minimum Gasteiger partial charge on any atom is -0.296 e. The van der Waals surface area contributed by atoms with E-state index in [9.17, 15) is 13.2 Å². The average Bonchev–Trinajstić information content (AvgIpc) is 3.42. The summed E-state index contributed by atoms with van der Waals surface area (Å²) >= 11 is 1.30. The van der Waals surface area contributed by atoms with Crippen molar-refractivity contribution < 1.29 is 13.2 Å². The van der Waals surface area contributed by atoms with Crippen LogP contribution in [0.25, 0.3) is 10.6 Å². The predicted molar refractivity (Wildman–Crippen MR) is 113 cm³/mol. The Hall–Kier alpha value is -2.62. The van der Waals surface area contributed by atoms with E-state index in [4.69, 9.17) is 0 Å². The molecule has 0 bridgehead atoms. The molecular formula is C20H20N4O3S2. The summed E-state index contributed by atoms with van der Waals surface area (Å²) in [6, 6.07) is 16.2. The summed E-state index contributed by atoms with van der Waals surface area (Å²) in [4.78, 5) is 12.5. The van der Waals surface area contributed by atoms with E-state index in [0.717, 1.165) is 23.4 Å². The van der Waals surface area contributed by atoms with Gasteiger partial charge in [0.25, 0.3) is 5.91 Å². The van der Waals surface area contributed by atoms with E-state index in [1.807, 2.05) is 30.3 Å². The number of anilines is 1. The van der Waals surface area contributed by atoms with Gasteiger partial charge in [-0.05, 0) is 30.5 Å². The summed E-state index contributed by atoms with van der Waals surface area (Å²) in [6.45, 7) is 1.19. The Morgan fingerprint density at radius 1 is 1.00 bits per heavy atom. The quantitative estimate of drug-likeness (QED) is 0.650. The van der Waals surface area contributed by atoms with Crippen molar-refractivity contribution >= 4 is 32.4 Å². The van der Waals surface area contributed by atoms with E-state index >= 15 is 0 Å². The Labute approximate surface area is 173 Å². The van der Waals surface area contributed by atoms with Crippen LogP contribution < -0.4 is 5.32 Å². The number of nitrogens with one attached hydrogen (secondary N) is 1. The van der Waals surface area contributed by atoms with E-state index in [0.29, 0.717) is 29.3 Å². The fourth-order valence-electron chi connectivity index (χ4n) is 3.16. The molecule has 0 unspecified atom stereocenters. The van der Waals surface area contributed by atoms with E-state index in [1.54, 1.807) is 24.3 Å². The molecule has 2 heterocycles. The van der Waals surface area contributed by atoms with Gasteiger partial charge in [0, 0.05) is 24.2 Å². The molecule has 9 heteroatoms. The van der Waals surface area contributed by atoms with E-state index < -0.39 is 10.0 Å². The maximum Gasteiger partial charge on any atom is 0.257 e. The molecule has 2 aromatic carbocycles. The SMILES string of the molecule is O=C(Nc1nnc(-c2ccccc2)s1)c1ccc(CS(=O)(=O)N2CCCC2)cc1. The zero-order chi connectivity index (χ0) is 20.3. The Bertz CT molecular complexity index is 1090. The monoisotopic (exact) mass is 428 g/mol. The fraction of sp³-hybridized carbons (Fsp3) is 0.250. The molecule has 1 saturated heterocycles. The smallest absolute Gasteiger partial charge is 0.257 e. The van der Waals surface area contributed by atoms with Crippen LogP contribution >= 0.6 is 11.3 Å². The molecule has 0 aliphatic carbocycles. The van der Waals surface area contributed by atoms with Crippen molar-refractivity contribution in [2.24, 2.45) is 0 Å². The van der Waals surface area contributed by atoms with Crippen molar-refractivity contribution in [2.75, 3.05) is 18.4 Å². The second-order valence-corrected chi connectivity index (χ2v) is 9.74. The van der Waals surface area contributed by atoms with Crippen molar-refractivity contribution in [1.82, 2.24) is 14.5 Å². The van der Waals surface area contributed by atoms with Crippen LogP contribution in [0.1, 0.15) is 28.8 Å². The van der Waals surface area contributed by atoms with Gasteiger partial charge in [0.1, 0.15) is 5.01 Å². The lowest BCUT2D eigenvalue weighted by Crippen LogP contribution is -2.29. The van der Waals surface area contributed by atoms with Gasteiger partial charge in [-0.15, -0.1) is 10.2 Å². The zero-order valence-electron chi connectivity index (χ0n) is 15.6. The highest BCUT2D eigenvalue weighted by molar-refractivity contribution is 7.88. The predicted octanol–water partition coefficient (Wildman–Crippen LogP) is 3.38. The van der Waals surface area contributed by atoms with E-state index in [1.165, 1.54) is 15.6 Å². The summed E-state index contributed by atoms with van der Waals surface area (Å²) in [5.41, 5.74) is 2.04. The molecular weight excluding hydrogens is 408 g/mol. The maximum atomic E-state index is 12.5. The summed E-state index contributed by atoms with van der Waals surface area (Å²) in [7, 11) is -3.30. The highest BCUT2D eigenvalue weighted by Crippen LogP contribution is 2.26. The summed E-state index contributed by atoms with van der Waals surface area (Å²) in [5.74, 6) is -0.360. The lowest BCUT2D eigenvalue weighted by molar-refractivity contribution is 0.102. The van der Waals surface area contributed by atoms with Crippen LogP contribution in [0.15, 0.2) is 54.6 Å². The average molecular weight is 429 g/mol. The number of rotatable bonds is 6. The topological polar surface area (TPSA) is 92.3 Å². The molecule has 1 aliphatic heterocycles. The first-order valence-electron chi connectivity index (χ1n) is 9.28. The number of benzene rings is 2. The highest BCUT2D eigenvalue weighted by atomic mass is 32.2. The third kappa shape index (κ3) is 4.69. The second kappa shape index (κ2) is 8.40. The van der Waals surface area contributed by atoms with Gasteiger partial charge in [-0.1, -0.05) is 53.8 Å². The van der Waals surface area contributed by atoms with Gasteiger partial charge in [-0.2, -0.15) is 0 Å². The molecule has 4 rings (SSSR count). The molecule has 150 valence electrons. The number of hydrogen-bond acceptors (Lipinski definition) is 6. The molecule has 1 amide bonds. The Morgan fingerprint density at radius 2 is 1.69 bits per heavy atom. The first-order chi connectivity index (χ1) is 14.0. The van der Waals surface area contributed by atoms with Gasteiger partial charge in [0.05, 0.1) is 5.75 Å². The van der Waals surface area contributed by atoms with Crippen LogP contribution in [0.5, 0.6) is 0 Å². The molecule has 0 atom stereocenters. The van der Waals surface area contributed by atoms with Crippen molar-refractivity contribution in [3.63, 3.8) is 0 Å². The number of hydrogen-bond donors (Lipinski definition) is 1. The molecule has 3 aromatic rings. The fourth-order valence-corrected chi connectivity index (χ4v) is 5.52. The molecule has 0 radical (unpaired) electrons. The number of carbonyl (C=O) groups excluding carboxylic acids is 1. The van der Waals surface area contributed by atoms with Gasteiger partial charge in [-0.3, -0.25) is 10.1 Å². The van der Waals surface area contributed by atoms with Crippen LogP contribution in [0, 0.1) is 0 Å². The molecule has 1 aromatic heterocycles. The molecule has 0 spiro atoms. The number of carbonyl (C=O) groups is 1. The number of aromatic nitrogens is 2. The standard InChI is InChI=1S/C20H20N4O3S2/c25-18(21-20-23-22-19(28-20)17-6-2-1-3-7-17)16-10-8-15(9-11-16)14-29(26,27)24-12-4-5-13-24/h1-3,6-11H,4-5,12-14H2,(H,21,23,25). The third-order valence-electron chi connectivity index (χ3n) is 4.69. The lowest BCUT2D eigenvalue weighted by atomic mass is 10.1. The number of amides is 1. The molecule has 29 heavy (non-hydrogen) atoms. The summed E-state index contributed by atoms with van der Waals surface area (Å²) in [5, 5.41) is 12.0. The first kappa shape index (κ1) is 19.7. The van der Waals surface area contributed by atoms with Crippen molar-refractivity contribution in [3.8, 4) is 10.6 Å². The minimum absolute atomic E-state index is 0.0499. The Kier molecular flexibility index (Phi) is 5.70. The van der Waals surface area contributed by atoms with Crippen molar-refractivity contribution in [2.45, 2.75) is 18.6 Å². The van der Waals surface area contributed by atoms with Crippen molar-refractivity contribution in [1.29, 1.82) is 0 Å². The van der Waals surface area contributed by atoms with E-state index in [-0.39, 0.29) is 11.7 Å². The molecule has 1 fully saturated rings. The van der Waals surface area contributed by atoms with Crippen molar-refractivity contribution in [3.05, 3.63) is 65.7 Å². The first-order valence-corrected chi connectivity index (χ1v) is 11.7.